The van der Waals surface area contributed by atoms with Crippen LogP contribution in [0.25, 0.3) is 16.7 Å². The smallest absolute Gasteiger partial charge is 0.139 e. The second kappa shape index (κ2) is 9.65. The van der Waals surface area contributed by atoms with Crippen molar-refractivity contribution in [1.82, 2.24) is 25.2 Å². The van der Waals surface area contributed by atoms with E-state index in [1.807, 2.05) is 18.5 Å². The van der Waals surface area contributed by atoms with Crippen molar-refractivity contribution in [2.45, 2.75) is 43.4 Å². The lowest BCUT2D eigenvalue weighted by atomic mass is 9.62. The van der Waals surface area contributed by atoms with Gasteiger partial charge in [-0.15, -0.1) is 0 Å². The number of nitrogens with zero attached hydrogens (tertiary/aromatic N) is 4. The molecule has 0 radical (unpaired) electrons. The van der Waals surface area contributed by atoms with Crippen LogP contribution < -0.4 is 11.1 Å². The maximum absolute atomic E-state index is 6.60. The number of hydrogen-bond donors (Lipinski definition) is 3. The highest BCUT2D eigenvalue weighted by Gasteiger charge is 2.41. The van der Waals surface area contributed by atoms with Gasteiger partial charge < -0.3 is 20.9 Å². The average Bonchev–Trinajstić information content (AvgIpc) is 3.70. The Morgan fingerprint density at radius 3 is 2.59 bits per heavy atom. The molecular weight excluding hydrogens is 482 g/mol. The van der Waals surface area contributed by atoms with E-state index in [4.69, 9.17) is 15.7 Å². The van der Waals surface area contributed by atoms with Crippen LogP contribution >= 0.6 is 0 Å². The number of nitrogen functional groups attached to an aromatic ring is 1. The lowest BCUT2D eigenvalue weighted by Crippen LogP contribution is -2.47. The highest BCUT2D eigenvalue weighted by Crippen LogP contribution is 2.49. The van der Waals surface area contributed by atoms with Crippen LogP contribution in [0, 0.1) is 0 Å². The largest absolute Gasteiger partial charge is 0.397 e. The Labute approximate surface area is 229 Å². The molecule has 7 rings (SSSR count). The van der Waals surface area contributed by atoms with E-state index in [1.165, 1.54) is 36.1 Å². The minimum Gasteiger partial charge on any atom is -0.397 e. The van der Waals surface area contributed by atoms with E-state index in [2.05, 4.69) is 63.2 Å². The standard InChI is InChI=1S/C32H35N7/c1-21(37-31(39-16-14-34-15-17-39)29-26(22-8-9-22)19-35-20-27(29)33)24-10-13-36-30-25(24)18-28(38-30)32(11-5-12-32)23-6-3-2-4-7-23/h2-4,6-7,10,13,18-20,22,34H,1,5,8-9,11-12,14-17,33H2,(H,36,38)/b37-31+. The summed E-state index contributed by atoms with van der Waals surface area (Å²) in [6, 6.07) is 15.2. The minimum atomic E-state index is 0.0143. The van der Waals surface area contributed by atoms with Gasteiger partial charge in [-0.3, -0.25) is 4.98 Å². The molecule has 39 heavy (non-hydrogen) atoms. The molecule has 0 atom stereocenters. The number of aromatic amines is 1. The number of nitrogens with one attached hydrogen (secondary N) is 2. The van der Waals surface area contributed by atoms with E-state index in [0.717, 1.165) is 72.7 Å². The predicted molar refractivity (Wildman–Crippen MR) is 158 cm³/mol. The number of anilines is 1. The van der Waals surface area contributed by atoms with E-state index >= 15 is 0 Å². The number of benzene rings is 1. The molecule has 7 nitrogen and oxygen atoms in total. The summed E-state index contributed by atoms with van der Waals surface area (Å²) >= 11 is 0. The number of rotatable bonds is 6. The van der Waals surface area contributed by atoms with Crippen molar-refractivity contribution in [1.29, 1.82) is 0 Å². The third kappa shape index (κ3) is 4.21. The second-order valence-corrected chi connectivity index (χ2v) is 11.2. The van der Waals surface area contributed by atoms with Gasteiger partial charge in [0.05, 0.1) is 17.6 Å². The van der Waals surface area contributed by atoms with E-state index in [9.17, 15) is 0 Å². The molecule has 1 aromatic carbocycles. The molecule has 3 fully saturated rings. The van der Waals surface area contributed by atoms with E-state index in [1.54, 1.807) is 6.20 Å². The van der Waals surface area contributed by atoms with Crippen LogP contribution in [-0.2, 0) is 5.41 Å². The summed E-state index contributed by atoms with van der Waals surface area (Å²) in [4.78, 5) is 20.4. The zero-order valence-electron chi connectivity index (χ0n) is 22.3. The zero-order valence-corrected chi connectivity index (χ0v) is 22.3. The van der Waals surface area contributed by atoms with Gasteiger partial charge in [0.15, 0.2) is 0 Å². The summed E-state index contributed by atoms with van der Waals surface area (Å²) in [7, 11) is 0. The lowest BCUT2D eigenvalue weighted by Gasteiger charge is -2.42. The van der Waals surface area contributed by atoms with Crippen LogP contribution in [0.2, 0.25) is 0 Å². The van der Waals surface area contributed by atoms with Crippen LogP contribution in [-0.4, -0.2) is 51.9 Å². The number of piperazine rings is 1. The summed E-state index contributed by atoms with van der Waals surface area (Å²) < 4.78 is 0. The van der Waals surface area contributed by atoms with Gasteiger partial charge in [0.25, 0.3) is 0 Å². The van der Waals surface area contributed by atoms with Gasteiger partial charge in [-0.05, 0) is 54.9 Å². The molecule has 0 unspecified atom stereocenters. The number of aromatic nitrogens is 3. The van der Waals surface area contributed by atoms with Crippen LogP contribution in [0.1, 0.15) is 66.0 Å². The molecule has 2 saturated carbocycles. The average molecular weight is 518 g/mol. The summed E-state index contributed by atoms with van der Waals surface area (Å²) in [5.41, 5.74) is 14.7. The molecule has 0 bridgehead atoms. The van der Waals surface area contributed by atoms with Gasteiger partial charge in [0, 0.05) is 66.2 Å². The van der Waals surface area contributed by atoms with E-state index in [0.29, 0.717) is 11.6 Å². The Hall–Kier alpha value is -3.97. The number of nitrogens with two attached hydrogens (primary N) is 1. The van der Waals surface area contributed by atoms with Crippen LogP contribution in [0.15, 0.2) is 72.6 Å². The Balaban J connectivity index is 1.32. The Bertz CT molecular complexity index is 1550. The number of hydrogen-bond acceptors (Lipinski definition) is 5. The second-order valence-electron chi connectivity index (χ2n) is 11.2. The molecule has 4 aromatic rings. The van der Waals surface area contributed by atoms with Crippen molar-refractivity contribution in [2.75, 3.05) is 31.9 Å². The molecule has 1 saturated heterocycles. The number of fused-ring (bicyclic) bond motifs is 1. The van der Waals surface area contributed by atoms with Crippen molar-refractivity contribution in [3.63, 3.8) is 0 Å². The third-order valence-corrected chi connectivity index (χ3v) is 8.79. The van der Waals surface area contributed by atoms with E-state index in [-0.39, 0.29) is 5.41 Å². The van der Waals surface area contributed by atoms with Crippen LogP contribution in [0.3, 0.4) is 0 Å². The van der Waals surface area contributed by atoms with Gasteiger partial charge >= 0.3 is 0 Å². The molecule has 0 spiro atoms. The molecule has 2 aliphatic carbocycles. The van der Waals surface area contributed by atoms with Crippen molar-refractivity contribution in [3.05, 3.63) is 95.6 Å². The molecule has 1 aliphatic heterocycles. The van der Waals surface area contributed by atoms with E-state index < -0.39 is 0 Å². The van der Waals surface area contributed by atoms with Crippen molar-refractivity contribution in [2.24, 2.45) is 4.99 Å². The van der Waals surface area contributed by atoms with Crippen molar-refractivity contribution in [3.8, 4) is 0 Å². The Morgan fingerprint density at radius 2 is 1.87 bits per heavy atom. The molecule has 3 aliphatic rings. The van der Waals surface area contributed by atoms with Gasteiger partial charge in [0.1, 0.15) is 11.5 Å². The fourth-order valence-electron chi connectivity index (χ4n) is 6.34. The molecule has 3 aromatic heterocycles. The normalized spacial score (nSPS) is 19.2. The summed E-state index contributed by atoms with van der Waals surface area (Å²) in [6.45, 7) is 8.06. The first-order chi connectivity index (χ1) is 19.1. The number of amidine groups is 1. The Morgan fingerprint density at radius 1 is 1.08 bits per heavy atom. The van der Waals surface area contributed by atoms with Gasteiger partial charge in [-0.25, -0.2) is 9.98 Å². The molecule has 4 heterocycles. The molecular formula is C32H35N7. The Kier molecular flexibility index (Phi) is 5.96. The fraction of sp³-hybridized carbons (Fsp3) is 0.344. The lowest BCUT2D eigenvalue weighted by molar-refractivity contribution is 0.295. The minimum absolute atomic E-state index is 0.0143. The highest BCUT2D eigenvalue weighted by atomic mass is 15.2. The van der Waals surface area contributed by atoms with Crippen LogP contribution in [0.4, 0.5) is 5.69 Å². The van der Waals surface area contributed by atoms with Crippen molar-refractivity contribution >= 4 is 28.3 Å². The molecule has 198 valence electrons. The third-order valence-electron chi connectivity index (χ3n) is 8.79. The summed E-state index contributed by atoms with van der Waals surface area (Å²) in [5.74, 6) is 1.41. The maximum atomic E-state index is 6.60. The first-order valence-corrected chi connectivity index (χ1v) is 14.2. The number of aliphatic imine (C=N–C) groups is 1. The van der Waals surface area contributed by atoms with Gasteiger partial charge in [-0.1, -0.05) is 43.3 Å². The number of H-pyrrole nitrogens is 1. The van der Waals surface area contributed by atoms with Gasteiger partial charge in [0.2, 0.25) is 0 Å². The zero-order chi connectivity index (χ0) is 26.4. The SMILES string of the molecule is C=C(/N=C(\c1c(N)cncc1C1CC1)N1CCNCC1)c1ccnc2[nH]c(C3(c4ccccc4)CCC3)cc12. The predicted octanol–water partition coefficient (Wildman–Crippen LogP) is 5.21. The summed E-state index contributed by atoms with van der Waals surface area (Å²) in [5, 5.41) is 4.52. The summed E-state index contributed by atoms with van der Waals surface area (Å²) in [6.07, 6.45) is 11.4. The molecule has 0 amide bonds. The monoisotopic (exact) mass is 517 g/mol. The highest BCUT2D eigenvalue weighted by molar-refractivity contribution is 6.07. The molecule has 4 N–H and O–H groups in total. The first-order valence-electron chi connectivity index (χ1n) is 14.2. The van der Waals surface area contributed by atoms with Crippen LogP contribution in [0.5, 0.6) is 0 Å². The van der Waals surface area contributed by atoms with Gasteiger partial charge in [-0.2, -0.15) is 0 Å². The first kappa shape index (κ1) is 24.1. The topological polar surface area (TPSA) is 95.2 Å². The maximum Gasteiger partial charge on any atom is 0.139 e. The number of pyridine rings is 2. The molecule has 7 heteroatoms. The van der Waals surface area contributed by atoms with Crippen molar-refractivity contribution < 1.29 is 0 Å². The fourth-order valence-corrected chi connectivity index (χ4v) is 6.34. The quantitative estimate of drug-likeness (QED) is 0.241.